The molecule has 21 heavy (non-hydrogen) atoms. The monoisotopic (exact) mass is 289 g/mol. The Labute approximate surface area is 123 Å². The highest BCUT2D eigenvalue weighted by Crippen LogP contribution is 2.22. The molecule has 2 fully saturated rings. The number of fused-ring (bicyclic) bond motifs is 1. The van der Waals surface area contributed by atoms with E-state index in [2.05, 4.69) is 9.88 Å². The molecule has 6 heteroatoms. The maximum atomic E-state index is 12.5. The smallest absolute Gasteiger partial charge is 0.337 e. The van der Waals surface area contributed by atoms with Crippen molar-refractivity contribution in [2.75, 3.05) is 26.2 Å². The number of carbonyl (C=O) groups is 2. The van der Waals surface area contributed by atoms with E-state index >= 15 is 0 Å². The van der Waals surface area contributed by atoms with Crippen molar-refractivity contribution in [1.29, 1.82) is 0 Å². The van der Waals surface area contributed by atoms with Crippen LogP contribution in [0.15, 0.2) is 12.1 Å². The molecule has 0 aliphatic carbocycles. The van der Waals surface area contributed by atoms with Gasteiger partial charge in [0.05, 0.1) is 11.3 Å². The van der Waals surface area contributed by atoms with Gasteiger partial charge in [-0.15, -0.1) is 0 Å². The fourth-order valence-electron chi connectivity index (χ4n) is 3.24. The Bertz CT molecular complexity index is 588. The molecule has 3 heterocycles. The van der Waals surface area contributed by atoms with E-state index in [-0.39, 0.29) is 11.5 Å². The summed E-state index contributed by atoms with van der Waals surface area (Å²) in [4.78, 5) is 32.0. The van der Waals surface area contributed by atoms with Gasteiger partial charge in [-0.1, -0.05) is 0 Å². The molecule has 1 atom stereocenters. The number of nitrogens with zero attached hydrogens (tertiary/aromatic N) is 3. The topological polar surface area (TPSA) is 73.7 Å². The van der Waals surface area contributed by atoms with E-state index in [0.717, 1.165) is 32.6 Å². The molecule has 2 saturated heterocycles. The normalized spacial score (nSPS) is 22.1. The van der Waals surface area contributed by atoms with Crippen molar-refractivity contribution in [3.05, 3.63) is 29.1 Å². The molecule has 0 aromatic carbocycles. The molecule has 1 N–H and O–H groups in total. The number of carbonyl (C=O) groups excluding carboxylic acids is 1. The first-order valence-electron chi connectivity index (χ1n) is 7.30. The zero-order valence-corrected chi connectivity index (χ0v) is 12.1. The van der Waals surface area contributed by atoms with E-state index in [9.17, 15) is 9.59 Å². The maximum Gasteiger partial charge on any atom is 0.337 e. The molecule has 0 bridgehead atoms. The van der Waals surface area contributed by atoms with Crippen LogP contribution in [0.1, 0.15) is 39.4 Å². The Morgan fingerprint density at radius 2 is 2.10 bits per heavy atom. The highest BCUT2D eigenvalue weighted by atomic mass is 16.4. The summed E-state index contributed by atoms with van der Waals surface area (Å²) in [6.45, 7) is 5.14. The SMILES string of the molecule is Cc1nc(C(=O)N2CCN3CCCC3C2)ccc1C(=O)O. The number of rotatable bonds is 2. The van der Waals surface area contributed by atoms with Gasteiger partial charge in [-0.25, -0.2) is 9.78 Å². The van der Waals surface area contributed by atoms with E-state index in [1.807, 2.05) is 4.90 Å². The van der Waals surface area contributed by atoms with E-state index in [0.29, 0.717) is 17.4 Å². The summed E-state index contributed by atoms with van der Waals surface area (Å²) in [6, 6.07) is 3.45. The zero-order chi connectivity index (χ0) is 15.0. The molecule has 1 aromatic rings. The van der Waals surface area contributed by atoms with Gasteiger partial charge in [-0.05, 0) is 38.4 Å². The summed E-state index contributed by atoms with van der Waals surface area (Å²) in [5, 5.41) is 9.01. The van der Waals surface area contributed by atoms with Crippen LogP contribution in [-0.4, -0.2) is 64.0 Å². The first-order valence-corrected chi connectivity index (χ1v) is 7.30. The van der Waals surface area contributed by atoms with Crippen LogP contribution in [0.4, 0.5) is 0 Å². The van der Waals surface area contributed by atoms with Crippen molar-refractivity contribution in [3.8, 4) is 0 Å². The minimum absolute atomic E-state index is 0.0958. The maximum absolute atomic E-state index is 12.5. The van der Waals surface area contributed by atoms with Crippen LogP contribution in [0, 0.1) is 6.92 Å². The number of carboxylic acids is 1. The number of amides is 1. The second-order valence-corrected chi connectivity index (χ2v) is 5.72. The Morgan fingerprint density at radius 3 is 2.81 bits per heavy atom. The van der Waals surface area contributed by atoms with Crippen molar-refractivity contribution in [2.45, 2.75) is 25.8 Å². The largest absolute Gasteiger partial charge is 0.478 e. The molecule has 3 rings (SSSR count). The van der Waals surface area contributed by atoms with Crippen molar-refractivity contribution in [1.82, 2.24) is 14.8 Å². The predicted molar refractivity (Wildman–Crippen MR) is 76.4 cm³/mol. The highest BCUT2D eigenvalue weighted by molar-refractivity contribution is 5.94. The van der Waals surface area contributed by atoms with Crippen LogP contribution in [0.25, 0.3) is 0 Å². The number of hydrogen-bond acceptors (Lipinski definition) is 4. The van der Waals surface area contributed by atoms with Crippen LogP contribution in [0.2, 0.25) is 0 Å². The number of piperazine rings is 1. The Balaban J connectivity index is 1.76. The molecular formula is C15H19N3O3. The lowest BCUT2D eigenvalue weighted by Crippen LogP contribution is -2.52. The molecular weight excluding hydrogens is 270 g/mol. The van der Waals surface area contributed by atoms with Gasteiger partial charge in [0.25, 0.3) is 5.91 Å². The Hall–Kier alpha value is -1.95. The van der Waals surface area contributed by atoms with Gasteiger partial charge in [-0.3, -0.25) is 9.69 Å². The lowest BCUT2D eigenvalue weighted by Gasteiger charge is -2.37. The second-order valence-electron chi connectivity index (χ2n) is 5.72. The van der Waals surface area contributed by atoms with E-state index in [1.54, 1.807) is 6.92 Å². The number of pyridine rings is 1. The summed E-state index contributed by atoms with van der Waals surface area (Å²) in [5.74, 6) is -1.11. The van der Waals surface area contributed by atoms with Gasteiger partial charge in [0.15, 0.2) is 0 Å². The Morgan fingerprint density at radius 1 is 1.29 bits per heavy atom. The number of aromatic nitrogens is 1. The molecule has 0 spiro atoms. The van der Waals surface area contributed by atoms with Gasteiger partial charge < -0.3 is 10.0 Å². The van der Waals surface area contributed by atoms with Crippen LogP contribution in [-0.2, 0) is 0 Å². The molecule has 0 radical (unpaired) electrons. The number of carboxylic acid groups (broad SMARTS) is 1. The number of aromatic carboxylic acids is 1. The van der Waals surface area contributed by atoms with Crippen molar-refractivity contribution < 1.29 is 14.7 Å². The van der Waals surface area contributed by atoms with Gasteiger partial charge in [0.2, 0.25) is 0 Å². The fourth-order valence-corrected chi connectivity index (χ4v) is 3.24. The molecule has 0 saturated carbocycles. The lowest BCUT2D eigenvalue weighted by molar-refractivity contribution is 0.0564. The molecule has 1 aromatic heterocycles. The predicted octanol–water partition coefficient (Wildman–Crippen LogP) is 1.01. The van der Waals surface area contributed by atoms with Crippen LogP contribution < -0.4 is 0 Å². The average Bonchev–Trinajstić information content (AvgIpc) is 2.93. The third-order valence-corrected chi connectivity index (χ3v) is 4.41. The standard InChI is InChI=1S/C15H19N3O3/c1-10-12(15(20)21)4-5-13(16-10)14(19)18-8-7-17-6-2-3-11(17)9-18/h4-5,11H,2-3,6-9H2,1H3,(H,20,21). The Kier molecular flexibility index (Phi) is 3.63. The first kappa shape index (κ1) is 14.0. The van der Waals surface area contributed by atoms with E-state index in [4.69, 9.17) is 5.11 Å². The summed E-state index contributed by atoms with van der Waals surface area (Å²) < 4.78 is 0. The fraction of sp³-hybridized carbons (Fsp3) is 0.533. The molecule has 112 valence electrons. The molecule has 6 nitrogen and oxygen atoms in total. The van der Waals surface area contributed by atoms with Gasteiger partial charge in [0, 0.05) is 25.7 Å². The second kappa shape index (κ2) is 5.44. The minimum atomic E-state index is -1.02. The number of aryl methyl sites for hydroxylation is 1. The van der Waals surface area contributed by atoms with Crippen molar-refractivity contribution in [3.63, 3.8) is 0 Å². The van der Waals surface area contributed by atoms with Crippen molar-refractivity contribution in [2.24, 2.45) is 0 Å². The van der Waals surface area contributed by atoms with Gasteiger partial charge >= 0.3 is 5.97 Å². The van der Waals surface area contributed by atoms with Gasteiger partial charge in [0.1, 0.15) is 5.69 Å². The average molecular weight is 289 g/mol. The highest BCUT2D eigenvalue weighted by Gasteiger charge is 2.33. The van der Waals surface area contributed by atoms with Gasteiger partial charge in [-0.2, -0.15) is 0 Å². The first-order chi connectivity index (χ1) is 10.1. The summed E-state index contributed by atoms with van der Waals surface area (Å²) in [5.41, 5.74) is 0.865. The number of hydrogen-bond donors (Lipinski definition) is 1. The van der Waals surface area contributed by atoms with E-state index < -0.39 is 5.97 Å². The molecule has 2 aliphatic rings. The molecule has 1 unspecified atom stereocenters. The molecule has 2 aliphatic heterocycles. The molecule has 1 amide bonds. The third kappa shape index (κ3) is 2.63. The van der Waals surface area contributed by atoms with Crippen LogP contribution in [0.3, 0.4) is 0 Å². The third-order valence-electron chi connectivity index (χ3n) is 4.41. The lowest BCUT2D eigenvalue weighted by atomic mass is 10.1. The summed E-state index contributed by atoms with van der Waals surface area (Å²) >= 11 is 0. The minimum Gasteiger partial charge on any atom is -0.478 e. The summed E-state index contributed by atoms with van der Waals surface area (Å²) in [7, 11) is 0. The zero-order valence-electron chi connectivity index (χ0n) is 12.1. The quantitative estimate of drug-likeness (QED) is 0.879. The van der Waals surface area contributed by atoms with Crippen LogP contribution in [0.5, 0.6) is 0 Å². The van der Waals surface area contributed by atoms with Crippen LogP contribution >= 0.6 is 0 Å². The van der Waals surface area contributed by atoms with Crippen molar-refractivity contribution >= 4 is 11.9 Å². The summed E-state index contributed by atoms with van der Waals surface area (Å²) in [6.07, 6.45) is 2.35. The van der Waals surface area contributed by atoms with E-state index in [1.165, 1.54) is 18.6 Å².